The molecule has 0 fully saturated rings. The first-order chi connectivity index (χ1) is 14.4. The summed E-state index contributed by atoms with van der Waals surface area (Å²) in [5.41, 5.74) is 4.14. The molecule has 0 aromatic carbocycles. The van der Waals surface area contributed by atoms with Crippen molar-refractivity contribution in [2.24, 2.45) is 10.1 Å². The van der Waals surface area contributed by atoms with E-state index in [0.717, 1.165) is 16.8 Å². The van der Waals surface area contributed by atoms with Crippen LogP contribution in [0.1, 0.15) is 37.2 Å². The Bertz CT molecular complexity index is 941. The van der Waals surface area contributed by atoms with Crippen LogP contribution in [0.25, 0.3) is 11.1 Å². The molecule has 30 heavy (non-hydrogen) atoms. The molecule has 0 saturated carbocycles. The summed E-state index contributed by atoms with van der Waals surface area (Å²) in [6, 6.07) is 6.58. The van der Waals surface area contributed by atoms with Crippen LogP contribution in [0.3, 0.4) is 0 Å². The van der Waals surface area contributed by atoms with Crippen molar-refractivity contribution < 1.29 is 13.5 Å². The second-order valence-corrected chi connectivity index (χ2v) is 6.31. The van der Waals surface area contributed by atoms with E-state index in [1.54, 1.807) is 38.4 Å². The van der Waals surface area contributed by atoms with Crippen LogP contribution in [-0.4, -0.2) is 55.6 Å². The number of ether oxygens (including phenoxy) is 1. The van der Waals surface area contributed by atoms with Crippen LogP contribution >= 0.6 is 0 Å². The van der Waals surface area contributed by atoms with E-state index in [1.165, 1.54) is 12.3 Å². The molecule has 2 aromatic rings. The molecular formula is C21H24BF2N5O. The van der Waals surface area contributed by atoms with Crippen LogP contribution in [0, 0.1) is 0 Å². The van der Waals surface area contributed by atoms with Crippen LogP contribution in [0.2, 0.25) is 0 Å². The summed E-state index contributed by atoms with van der Waals surface area (Å²) >= 11 is 0. The van der Waals surface area contributed by atoms with Gasteiger partial charge in [-0.1, -0.05) is 0 Å². The van der Waals surface area contributed by atoms with E-state index in [4.69, 9.17) is 4.74 Å². The topological polar surface area (TPSA) is 63.0 Å². The Morgan fingerprint density at radius 3 is 2.53 bits per heavy atom. The number of hydrogen-bond acceptors (Lipinski definition) is 6. The molecule has 2 aromatic heterocycles. The summed E-state index contributed by atoms with van der Waals surface area (Å²) in [4.78, 5) is 12.6. The molecule has 0 bridgehead atoms. The second-order valence-electron chi connectivity index (χ2n) is 6.31. The predicted octanol–water partition coefficient (Wildman–Crippen LogP) is 4.21. The van der Waals surface area contributed by atoms with E-state index < -0.39 is 6.43 Å². The molecule has 0 aliphatic carbocycles. The van der Waals surface area contributed by atoms with Crippen LogP contribution in [-0.2, 0) is 0 Å². The molecule has 9 heteroatoms. The minimum absolute atomic E-state index is 0.126. The normalized spacial score (nSPS) is 12.7. The van der Waals surface area contributed by atoms with E-state index >= 15 is 0 Å². The fourth-order valence-electron chi connectivity index (χ4n) is 2.65. The third-order valence-electron chi connectivity index (χ3n) is 4.45. The Morgan fingerprint density at radius 2 is 2.03 bits per heavy atom. The number of hydrogen-bond donors (Lipinski definition) is 0. The SMILES string of the molecule is C=NN(C)/C(COc1bnc(C(/C=N\C)=C/C)cc1)=C(\C)c1ccc(C(F)F)cn1. The van der Waals surface area contributed by atoms with Gasteiger partial charge in [-0.2, -0.15) is 0 Å². The first-order valence-electron chi connectivity index (χ1n) is 9.23. The molecule has 0 radical (unpaired) electrons. The molecule has 156 valence electrons. The molecule has 0 spiro atoms. The van der Waals surface area contributed by atoms with Crippen molar-refractivity contribution in [3.05, 3.63) is 59.2 Å². The summed E-state index contributed by atoms with van der Waals surface area (Å²) in [6.07, 6.45) is 2.28. The fourth-order valence-corrected chi connectivity index (χ4v) is 2.65. The first kappa shape index (κ1) is 23.1. The van der Waals surface area contributed by atoms with Crippen molar-refractivity contribution >= 4 is 31.1 Å². The van der Waals surface area contributed by atoms with Crippen LogP contribution < -0.4 is 4.74 Å². The van der Waals surface area contributed by atoms with E-state index in [2.05, 4.69) is 26.7 Å². The zero-order chi connectivity index (χ0) is 22.1. The van der Waals surface area contributed by atoms with Gasteiger partial charge in [0.15, 0.2) is 0 Å². The monoisotopic (exact) mass is 411 g/mol. The summed E-state index contributed by atoms with van der Waals surface area (Å²) in [5.74, 6) is 0. The van der Waals surface area contributed by atoms with Gasteiger partial charge >= 0.3 is 175 Å². The molecule has 6 nitrogen and oxygen atoms in total. The summed E-state index contributed by atoms with van der Waals surface area (Å²) in [6.45, 7) is 7.47. The standard InChI is InChI=1S/C21H24BF2N5O/c1-6-15(11-25-3)18-9-10-20(22-28-18)30-13-19(29(5)26-4)14(2)17-8-7-16(12-27-17)21(23)24/h6-12,21H,4,13H2,1-3,5H3/b15-6+,19-14+,25-11-. The van der Waals surface area contributed by atoms with Crippen LogP contribution in [0.4, 0.5) is 8.78 Å². The number of halogens is 2. The van der Waals surface area contributed by atoms with E-state index in [9.17, 15) is 8.78 Å². The number of likely N-dealkylation sites (N-methyl/N-ethyl adjacent to an activating group) is 1. The van der Waals surface area contributed by atoms with Gasteiger partial charge in [0.05, 0.1) is 0 Å². The molecular weight excluding hydrogens is 387 g/mol. The third-order valence-corrected chi connectivity index (χ3v) is 4.45. The van der Waals surface area contributed by atoms with Gasteiger partial charge in [-0.15, -0.1) is 0 Å². The maximum atomic E-state index is 12.8. The fraction of sp³-hybridized carbons (Fsp3) is 0.286. The molecule has 0 N–H and O–H groups in total. The van der Waals surface area contributed by atoms with Gasteiger partial charge in [-0.25, -0.2) is 0 Å². The summed E-state index contributed by atoms with van der Waals surface area (Å²) in [7, 11) is 5.07. The molecule has 0 aliphatic heterocycles. The van der Waals surface area contributed by atoms with Gasteiger partial charge < -0.3 is 0 Å². The quantitative estimate of drug-likeness (QED) is 0.458. The van der Waals surface area contributed by atoms with Crippen molar-refractivity contribution in [2.45, 2.75) is 20.3 Å². The van der Waals surface area contributed by atoms with Gasteiger partial charge in [0.25, 0.3) is 0 Å². The number of rotatable bonds is 9. The molecule has 0 atom stereocenters. The maximum absolute atomic E-state index is 12.8. The van der Waals surface area contributed by atoms with Gasteiger partial charge in [-0.05, 0) is 0 Å². The number of aromatic nitrogens is 2. The molecule has 0 amide bonds. The van der Waals surface area contributed by atoms with Gasteiger partial charge in [-0.3, -0.25) is 0 Å². The number of nitrogens with zero attached hydrogens (tertiary/aromatic N) is 5. The summed E-state index contributed by atoms with van der Waals surface area (Å²) in [5, 5.41) is 5.49. The van der Waals surface area contributed by atoms with Crippen LogP contribution in [0.5, 0.6) is 5.64 Å². The number of pyridine rings is 1. The van der Waals surface area contributed by atoms with Crippen molar-refractivity contribution in [1.29, 1.82) is 0 Å². The predicted molar refractivity (Wildman–Crippen MR) is 118 cm³/mol. The second kappa shape index (κ2) is 11.1. The number of alkyl halides is 2. The van der Waals surface area contributed by atoms with E-state index in [0.29, 0.717) is 17.0 Å². The Labute approximate surface area is 176 Å². The molecule has 0 saturated heterocycles. The average molecular weight is 411 g/mol. The first-order valence-corrected chi connectivity index (χ1v) is 9.23. The van der Waals surface area contributed by atoms with Gasteiger partial charge in [0.1, 0.15) is 0 Å². The van der Waals surface area contributed by atoms with Crippen molar-refractivity contribution in [2.75, 3.05) is 20.7 Å². The average Bonchev–Trinajstić information content (AvgIpc) is 2.77. The zero-order valence-electron chi connectivity index (χ0n) is 17.5. The van der Waals surface area contributed by atoms with E-state index in [1.807, 2.05) is 32.1 Å². The summed E-state index contributed by atoms with van der Waals surface area (Å²) < 4.78 is 31.4. The Kier molecular flexibility index (Phi) is 8.52. The Balaban J connectivity index is 2.22. The Morgan fingerprint density at radius 1 is 1.30 bits per heavy atom. The Hall–Kier alpha value is -3.23. The van der Waals surface area contributed by atoms with Crippen molar-refractivity contribution in [1.82, 2.24) is 14.9 Å². The van der Waals surface area contributed by atoms with Gasteiger partial charge in [0.2, 0.25) is 0 Å². The number of allylic oxidation sites excluding steroid dienone is 3. The molecule has 0 aliphatic rings. The van der Waals surface area contributed by atoms with Crippen molar-refractivity contribution in [3.63, 3.8) is 0 Å². The minimum atomic E-state index is -2.56. The van der Waals surface area contributed by atoms with E-state index in [-0.39, 0.29) is 12.2 Å². The number of aliphatic imine (C=N–C) groups is 1. The van der Waals surface area contributed by atoms with Crippen molar-refractivity contribution in [3.8, 4) is 5.64 Å². The molecule has 2 heterocycles. The third kappa shape index (κ3) is 5.89. The molecule has 2 rings (SSSR count). The van der Waals surface area contributed by atoms with Gasteiger partial charge in [0, 0.05) is 0 Å². The molecule has 0 unspecified atom stereocenters. The zero-order valence-corrected chi connectivity index (χ0v) is 17.5. The number of hydrazone groups is 1. The van der Waals surface area contributed by atoms with Crippen LogP contribution in [0.15, 0.2) is 52.3 Å².